The fourth-order valence-electron chi connectivity index (χ4n) is 5.95. The number of rotatable bonds is 12. The lowest BCUT2D eigenvalue weighted by molar-refractivity contribution is -0.149. The van der Waals surface area contributed by atoms with Crippen LogP contribution >= 0.6 is 0 Å². The van der Waals surface area contributed by atoms with Crippen molar-refractivity contribution in [2.45, 2.75) is 24.7 Å². The van der Waals surface area contributed by atoms with Crippen molar-refractivity contribution >= 4 is 34.3 Å². The number of cyclic esters (lactones) is 1. The Kier molecular flexibility index (Phi) is 9.15. The van der Waals surface area contributed by atoms with Gasteiger partial charge in [0.2, 0.25) is 0 Å². The normalized spacial score (nSPS) is 15.3. The summed E-state index contributed by atoms with van der Waals surface area (Å²) < 4.78 is 21.6. The number of esters is 1. The van der Waals surface area contributed by atoms with Gasteiger partial charge in [0.05, 0.1) is 6.54 Å². The molecule has 256 valence electrons. The Morgan fingerprint density at radius 2 is 1.59 bits per heavy atom. The van der Waals surface area contributed by atoms with Crippen molar-refractivity contribution in [1.29, 1.82) is 0 Å². The molecule has 2 atom stereocenters. The van der Waals surface area contributed by atoms with Crippen LogP contribution in [-0.4, -0.2) is 52.8 Å². The molecule has 3 N–H and O–H groups in total. The molecule has 5 aromatic carbocycles. The number of carbonyl (C=O) groups is 3. The fraction of sp³-hybridized carbons (Fsp3) is 0.154. The van der Waals surface area contributed by atoms with Crippen LogP contribution in [0.4, 0.5) is 10.5 Å². The molecule has 1 aromatic heterocycles. The summed E-state index contributed by atoms with van der Waals surface area (Å²) in [4.78, 5) is 55.7. The number of aromatic nitrogens is 2. The van der Waals surface area contributed by atoms with Crippen LogP contribution in [0.15, 0.2) is 131 Å². The molecule has 0 spiro atoms. The minimum absolute atomic E-state index is 0.0342. The van der Waals surface area contributed by atoms with Crippen LogP contribution in [0.3, 0.4) is 0 Å². The van der Waals surface area contributed by atoms with E-state index in [1.165, 1.54) is 4.90 Å². The number of nitrogens with two attached hydrogens (primary N) is 1. The summed E-state index contributed by atoms with van der Waals surface area (Å²) in [5.74, 6) is -1.26. The Bertz CT molecular complexity index is 2240. The van der Waals surface area contributed by atoms with Gasteiger partial charge in [0.25, 0.3) is 0 Å². The molecular weight excluding hydrogens is 652 g/mol. The summed E-state index contributed by atoms with van der Waals surface area (Å²) in [6.07, 6.45) is -1.18. The van der Waals surface area contributed by atoms with E-state index < -0.39 is 35.2 Å². The third-order valence-electron chi connectivity index (χ3n) is 8.63. The van der Waals surface area contributed by atoms with E-state index in [0.717, 1.165) is 10.9 Å². The summed E-state index contributed by atoms with van der Waals surface area (Å²) in [5, 5.41) is 5.20. The van der Waals surface area contributed by atoms with Crippen LogP contribution in [0, 0.1) is 0 Å². The highest BCUT2D eigenvalue weighted by Gasteiger charge is 2.44. The van der Waals surface area contributed by atoms with Crippen LogP contribution in [0.1, 0.15) is 21.5 Å². The molecule has 0 aliphatic carbocycles. The highest BCUT2D eigenvalue weighted by molar-refractivity contribution is 6.21. The van der Waals surface area contributed by atoms with Crippen LogP contribution in [-0.2, 0) is 27.3 Å². The van der Waals surface area contributed by atoms with Crippen molar-refractivity contribution in [2.75, 3.05) is 18.1 Å². The largest absolute Gasteiger partial charge is 0.490 e. The van der Waals surface area contributed by atoms with E-state index >= 15 is 0 Å². The number of carbonyl (C=O) groups excluding carboxylic acids is 3. The van der Waals surface area contributed by atoms with E-state index in [4.69, 9.17) is 19.9 Å². The number of anilines is 1. The Hall–Kier alpha value is -6.53. The maximum atomic E-state index is 14.2. The van der Waals surface area contributed by atoms with Gasteiger partial charge in [-0.15, -0.1) is 0 Å². The molecule has 1 aliphatic heterocycles. The molecule has 1 amide bonds. The number of H-pyrrole nitrogens is 1. The lowest BCUT2D eigenvalue weighted by atomic mass is 9.83. The van der Waals surface area contributed by atoms with Crippen LogP contribution < -0.4 is 21.1 Å². The number of amides is 1. The van der Waals surface area contributed by atoms with Gasteiger partial charge in [-0.25, -0.2) is 14.4 Å². The first-order valence-electron chi connectivity index (χ1n) is 16.2. The molecule has 1 aliphatic rings. The molecule has 2 heterocycles. The maximum absolute atomic E-state index is 14.2. The maximum Gasteiger partial charge on any atom is 0.439 e. The Balaban J connectivity index is 1.02. The van der Waals surface area contributed by atoms with Gasteiger partial charge < -0.3 is 19.9 Å². The van der Waals surface area contributed by atoms with Gasteiger partial charge in [-0.05, 0) is 58.3 Å². The number of Topliss-reactive ketones (excluding diaryl/α,β-unsaturated/α-hetero) is 1. The van der Waals surface area contributed by atoms with Crippen molar-refractivity contribution < 1.29 is 33.1 Å². The van der Waals surface area contributed by atoms with Gasteiger partial charge in [-0.3, -0.25) is 19.2 Å². The lowest BCUT2D eigenvalue weighted by Crippen LogP contribution is -2.57. The number of hydrogen-bond acceptors (Lipinski definition) is 10. The number of ketones is 1. The number of aromatic amines is 1. The zero-order chi connectivity index (χ0) is 35.4. The van der Waals surface area contributed by atoms with E-state index in [0.29, 0.717) is 33.5 Å². The second-order valence-corrected chi connectivity index (χ2v) is 12.1. The summed E-state index contributed by atoms with van der Waals surface area (Å²) in [6, 6.07) is 35.6. The predicted molar refractivity (Wildman–Crippen MR) is 187 cm³/mol. The van der Waals surface area contributed by atoms with Gasteiger partial charge in [0, 0.05) is 23.2 Å². The van der Waals surface area contributed by atoms with E-state index in [2.05, 4.69) is 14.7 Å². The Labute approximate surface area is 291 Å². The number of fused-ring (bicyclic) bond motifs is 1. The Morgan fingerprint density at radius 3 is 2.33 bits per heavy atom. The van der Waals surface area contributed by atoms with Gasteiger partial charge in [-0.1, -0.05) is 90.1 Å². The monoisotopic (exact) mass is 684 g/mol. The quantitative estimate of drug-likeness (QED) is 0.0961. The summed E-state index contributed by atoms with van der Waals surface area (Å²) in [7, 11) is 0. The average Bonchev–Trinajstić information content (AvgIpc) is 3.78. The third kappa shape index (κ3) is 7.12. The molecular formula is C39H32N4O8. The number of benzene rings is 5. The molecule has 12 nitrogen and oxygen atoms in total. The van der Waals surface area contributed by atoms with E-state index in [-0.39, 0.29) is 32.0 Å². The topological polar surface area (TPSA) is 167 Å². The number of nitrogens with one attached hydrogen (secondary N) is 1. The molecule has 51 heavy (non-hydrogen) atoms. The number of nitrogens with zero attached hydrogens (tertiary/aromatic N) is 2. The van der Waals surface area contributed by atoms with Gasteiger partial charge in [0.1, 0.15) is 19.0 Å². The molecule has 7 rings (SSSR count). The van der Waals surface area contributed by atoms with Crippen LogP contribution in [0.5, 0.6) is 5.75 Å². The first-order valence-corrected chi connectivity index (χ1v) is 16.2. The van der Waals surface area contributed by atoms with E-state index in [1.54, 1.807) is 60.7 Å². The Morgan fingerprint density at radius 1 is 0.863 bits per heavy atom. The SMILES string of the molecule is NC(Cc1ccc(OCC2CN(c3ccc(-c4noc(=O)[nH]4)cc3)C(=O)O2)cc1)(C(=O)OCc1ccccc1)C(=O)c1cccc2ccccc12. The molecule has 12 heteroatoms. The molecule has 2 unspecified atom stereocenters. The summed E-state index contributed by atoms with van der Waals surface area (Å²) in [5.41, 5.74) is 7.68. The first-order chi connectivity index (χ1) is 24.8. The minimum Gasteiger partial charge on any atom is -0.490 e. The number of hydrogen-bond donors (Lipinski definition) is 2. The zero-order valence-corrected chi connectivity index (χ0v) is 27.2. The number of ether oxygens (including phenoxy) is 3. The molecule has 0 radical (unpaired) electrons. The molecule has 0 saturated carbocycles. The van der Waals surface area contributed by atoms with Gasteiger partial charge >= 0.3 is 17.8 Å². The van der Waals surface area contributed by atoms with E-state index in [9.17, 15) is 19.2 Å². The zero-order valence-electron chi connectivity index (χ0n) is 27.2. The van der Waals surface area contributed by atoms with Crippen LogP contribution in [0.25, 0.3) is 22.2 Å². The smallest absolute Gasteiger partial charge is 0.439 e. The predicted octanol–water partition coefficient (Wildman–Crippen LogP) is 5.45. The molecule has 6 aromatic rings. The molecule has 0 bridgehead atoms. The average molecular weight is 685 g/mol. The second kappa shape index (κ2) is 14.1. The standard InChI is InChI=1S/C39H32N4O8/c40-39(36(45)49-23-26-7-2-1-3-8-26,34(44)33-12-6-10-27-9-4-5-11-32(27)33)21-25-13-19-30(20-14-25)48-24-31-22-43(38(47)50-31)29-17-15-28(16-18-29)35-41-37(46)51-42-35/h1-20,31H,21-24,40H2,(H,41,42,46). The highest BCUT2D eigenvalue weighted by atomic mass is 16.6. The van der Waals surface area contributed by atoms with Crippen molar-refractivity contribution in [3.05, 3.63) is 149 Å². The first kappa shape index (κ1) is 33.0. The van der Waals surface area contributed by atoms with Crippen molar-refractivity contribution in [3.63, 3.8) is 0 Å². The summed E-state index contributed by atoms with van der Waals surface area (Å²) >= 11 is 0. The van der Waals surface area contributed by atoms with E-state index in [1.807, 2.05) is 60.7 Å². The summed E-state index contributed by atoms with van der Waals surface area (Å²) in [6.45, 7) is 0.313. The van der Waals surface area contributed by atoms with Crippen molar-refractivity contribution in [2.24, 2.45) is 5.73 Å². The highest BCUT2D eigenvalue weighted by Crippen LogP contribution is 2.28. The third-order valence-corrected chi connectivity index (χ3v) is 8.63. The molecule has 1 saturated heterocycles. The van der Waals surface area contributed by atoms with Gasteiger partial charge in [0.15, 0.2) is 23.3 Å². The molecule has 1 fully saturated rings. The fourth-order valence-corrected chi connectivity index (χ4v) is 5.95. The van der Waals surface area contributed by atoms with Crippen LogP contribution in [0.2, 0.25) is 0 Å². The second-order valence-electron chi connectivity index (χ2n) is 12.1. The lowest BCUT2D eigenvalue weighted by Gasteiger charge is -2.27. The van der Waals surface area contributed by atoms with Crippen molar-refractivity contribution in [1.82, 2.24) is 10.1 Å². The van der Waals surface area contributed by atoms with Gasteiger partial charge in [-0.2, -0.15) is 0 Å². The minimum atomic E-state index is -2.02. The van der Waals surface area contributed by atoms with Crippen molar-refractivity contribution in [3.8, 4) is 17.1 Å².